The van der Waals surface area contributed by atoms with Crippen LogP contribution in [0.15, 0.2) is 42.5 Å². The van der Waals surface area contributed by atoms with Crippen molar-refractivity contribution in [1.82, 2.24) is 0 Å². The van der Waals surface area contributed by atoms with Crippen molar-refractivity contribution in [2.24, 2.45) is 0 Å². The van der Waals surface area contributed by atoms with E-state index in [0.717, 1.165) is 3.57 Å². The summed E-state index contributed by atoms with van der Waals surface area (Å²) in [5.74, 6) is 0.356. The smallest absolute Gasteiger partial charge is 0.349 e. The minimum Gasteiger partial charge on any atom is -0.480 e. The van der Waals surface area contributed by atoms with E-state index in [2.05, 4.69) is 22.6 Å². The van der Waals surface area contributed by atoms with Gasteiger partial charge < -0.3 is 9.47 Å². The molecule has 2 rings (SSSR count). The summed E-state index contributed by atoms with van der Waals surface area (Å²) in [5, 5.41) is 0.850. The normalized spacial score (nSPS) is 10.2. The van der Waals surface area contributed by atoms with Gasteiger partial charge in [-0.1, -0.05) is 23.2 Å². The van der Waals surface area contributed by atoms with Crippen LogP contribution in [-0.2, 0) is 4.79 Å². The minimum atomic E-state index is -0.503. The molecule has 6 heteroatoms. The first-order valence-electron chi connectivity index (χ1n) is 5.59. The van der Waals surface area contributed by atoms with Crippen LogP contribution in [0.2, 0.25) is 10.0 Å². The highest BCUT2D eigenvalue weighted by molar-refractivity contribution is 14.1. The van der Waals surface area contributed by atoms with Gasteiger partial charge in [-0.25, -0.2) is 4.79 Å². The van der Waals surface area contributed by atoms with Gasteiger partial charge in [-0.15, -0.1) is 0 Å². The van der Waals surface area contributed by atoms with E-state index in [-0.39, 0.29) is 6.61 Å². The Morgan fingerprint density at radius 1 is 1.10 bits per heavy atom. The van der Waals surface area contributed by atoms with Crippen molar-refractivity contribution in [3.63, 3.8) is 0 Å². The zero-order valence-electron chi connectivity index (χ0n) is 10.1. The standard InChI is InChI=1S/C14H9Cl2IO3/c15-9-1-6-13(12(16)7-9)19-8-14(18)20-11-4-2-10(17)3-5-11/h1-7H,8H2. The van der Waals surface area contributed by atoms with Crippen LogP contribution >= 0.6 is 45.8 Å². The predicted molar refractivity (Wildman–Crippen MR) is 86.8 cm³/mol. The lowest BCUT2D eigenvalue weighted by atomic mass is 10.3. The first-order valence-corrected chi connectivity index (χ1v) is 7.42. The highest BCUT2D eigenvalue weighted by atomic mass is 127. The number of esters is 1. The summed E-state index contributed by atoms with van der Waals surface area (Å²) >= 11 is 13.9. The Morgan fingerprint density at radius 3 is 2.45 bits per heavy atom. The fourth-order valence-electron chi connectivity index (χ4n) is 1.39. The second-order valence-electron chi connectivity index (χ2n) is 3.79. The molecule has 3 nitrogen and oxygen atoms in total. The van der Waals surface area contributed by atoms with E-state index in [4.69, 9.17) is 32.7 Å². The maximum atomic E-state index is 11.6. The Hall–Kier alpha value is -0.980. The molecule has 20 heavy (non-hydrogen) atoms. The summed E-state index contributed by atoms with van der Waals surface area (Å²) in [7, 11) is 0. The molecule has 0 atom stereocenters. The van der Waals surface area contributed by atoms with Gasteiger partial charge >= 0.3 is 5.97 Å². The number of benzene rings is 2. The number of rotatable bonds is 4. The molecule has 2 aromatic rings. The number of carbonyl (C=O) groups excluding carboxylic acids is 1. The number of hydrogen-bond acceptors (Lipinski definition) is 3. The van der Waals surface area contributed by atoms with Crippen LogP contribution < -0.4 is 9.47 Å². The molecule has 0 amide bonds. The molecule has 0 saturated carbocycles. The van der Waals surface area contributed by atoms with Crippen LogP contribution in [0, 0.1) is 3.57 Å². The van der Waals surface area contributed by atoms with E-state index >= 15 is 0 Å². The van der Waals surface area contributed by atoms with Gasteiger partial charge in [-0.3, -0.25) is 0 Å². The van der Waals surface area contributed by atoms with Gasteiger partial charge in [-0.2, -0.15) is 0 Å². The molecule has 0 unspecified atom stereocenters. The molecule has 0 radical (unpaired) electrons. The highest BCUT2D eigenvalue weighted by Gasteiger charge is 2.08. The largest absolute Gasteiger partial charge is 0.480 e. The molecule has 0 aliphatic heterocycles. The summed E-state index contributed by atoms with van der Waals surface area (Å²) in [4.78, 5) is 11.6. The maximum Gasteiger partial charge on any atom is 0.349 e. The molecular weight excluding hydrogens is 414 g/mol. The first-order chi connectivity index (χ1) is 9.54. The van der Waals surface area contributed by atoms with E-state index in [0.29, 0.717) is 21.5 Å². The zero-order valence-corrected chi connectivity index (χ0v) is 13.8. The molecule has 0 fully saturated rings. The lowest BCUT2D eigenvalue weighted by molar-refractivity contribution is -0.136. The predicted octanol–water partition coefficient (Wildman–Crippen LogP) is 4.58. The minimum absolute atomic E-state index is 0.229. The molecule has 0 bridgehead atoms. The first kappa shape index (κ1) is 15.4. The Morgan fingerprint density at radius 2 is 1.80 bits per heavy atom. The van der Waals surface area contributed by atoms with Crippen LogP contribution in [0.3, 0.4) is 0 Å². The van der Waals surface area contributed by atoms with Gasteiger partial charge in [0.2, 0.25) is 0 Å². The summed E-state index contributed by atoms with van der Waals surface area (Å²) in [6, 6.07) is 11.9. The molecule has 0 spiro atoms. The van der Waals surface area contributed by atoms with Crippen LogP contribution in [0.5, 0.6) is 11.5 Å². The van der Waals surface area contributed by atoms with Gasteiger partial charge in [0.05, 0.1) is 5.02 Å². The molecule has 0 saturated heterocycles. The Labute approximate surface area is 139 Å². The van der Waals surface area contributed by atoms with Gasteiger partial charge in [-0.05, 0) is 65.1 Å². The quantitative estimate of drug-likeness (QED) is 0.411. The number of carbonyl (C=O) groups is 1. The Kier molecular flexibility index (Phi) is 5.51. The fourth-order valence-corrected chi connectivity index (χ4v) is 2.22. The summed E-state index contributed by atoms with van der Waals surface area (Å²) < 4.78 is 11.5. The van der Waals surface area contributed by atoms with E-state index in [9.17, 15) is 4.79 Å². The average molecular weight is 423 g/mol. The average Bonchev–Trinajstić information content (AvgIpc) is 2.40. The van der Waals surface area contributed by atoms with Gasteiger partial charge in [0.25, 0.3) is 0 Å². The van der Waals surface area contributed by atoms with E-state index < -0.39 is 5.97 Å². The van der Waals surface area contributed by atoms with Crippen molar-refractivity contribution in [1.29, 1.82) is 0 Å². The number of halogens is 3. The molecular formula is C14H9Cl2IO3. The molecule has 104 valence electrons. The zero-order chi connectivity index (χ0) is 14.5. The molecule has 0 aliphatic carbocycles. The van der Waals surface area contributed by atoms with Crippen molar-refractivity contribution in [3.8, 4) is 11.5 Å². The highest BCUT2D eigenvalue weighted by Crippen LogP contribution is 2.27. The molecule has 2 aromatic carbocycles. The van der Waals surface area contributed by atoms with Crippen molar-refractivity contribution in [2.75, 3.05) is 6.61 Å². The van der Waals surface area contributed by atoms with Crippen LogP contribution in [0.25, 0.3) is 0 Å². The second kappa shape index (κ2) is 7.15. The SMILES string of the molecule is O=C(COc1ccc(Cl)cc1Cl)Oc1ccc(I)cc1. The van der Waals surface area contributed by atoms with Crippen LogP contribution in [0.4, 0.5) is 0 Å². The third-order valence-corrected chi connectivity index (χ3v) is 3.53. The lowest BCUT2D eigenvalue weighted by Crippen LogP contribution is -2.17. The third-order valence-electron chi connectivity index (χ3n) is 2.28. The Balaban J connectivity index is 1.90. The lowest BCUT2D eigenvalue weighted by Gasteiger charge is -2.08. The third kappa shape index (κ3) is 4.54. The van der Waals surface area contributed by atoms with Gasteiger partial charge in [0.15, 0.2) is 6.61 Å². The van der Waals surface area contributed by atoms with Gasteiger partial charge in [0, 0.05) is 8.59 Å². The van der Waals surface area contributed by atoms with Crippen LogP contribution in [0.1, 0.15) is 0 Å². The molecule has 0 aromatic heterocycles. The van der Waals surface area contributed by atoms with Crippen LogP contribution in [-0.4, -0.2) is 12.6 Å². The molecule has 0 N–H and O–H groups in total. The topological polar surface area (TPSA) is 35.5 Å². The van der Waals surface area contributed by atoms with Crippen molar-refractivity contribution in [2.45, 2.75) is 0 Å². The maximum absolute atomic E-state index is 11.6. The molecule has 0 heterocycles. The van der Waals surface area contributed by atoms with E-state index in [1.165, 1.54) is 0 Å². The van der Waals surface area contributed by atoms with E-state index in [1.807, 2.05) is 12.1 Å². The van der Waals surface area contributed by atoms with E-state index in [1.54, 1.807) is 30.3 Å². The van der Waals surface area contributed by atoms with Crippen molar-refractivity contribution >= 4 is 51.8 Å². The van der Waals surface area contributed by atoms with Crippen molar-refractivity contribution < 1.29 is 14.3 Å². The Bertz CT molecular complexity index is 614. The summed E-state index contributed by atoms with van der Waals surface area (Å²) in [6.07, 6.45) is 0. The monoisotopic (exact) mass is 422 g/mol. The number of hydrogen-bond donors (Lipinski definition) is 0. The summed E-state index contributed by atoms with van der Waals surface area (Å²) in [5.41, 5.74) is 0. The summed E-state index contributed by atoms with van der Waals surface area (Å²) in [6.45, 7) is -0.229. The fraction of sp³-hybridized carbons (Fsp3) is 0.0714. The van der Waals surface area contributed by atoms with Gasteiger partial charge in [0.1, 0.15) is 11.5 Å². The molecule has 0 aliphatic rings. The second-order valence-corrected chi connectivity index (χ2v) is 5.88. The number of ether oxygens (including phenoxy) is 2. The van der Waals surface area contributed by atoms with Crippen molar-refractivity contribution in [3.05, 3.63) is 56.1 Å².